The smallest absolute Gasteiger partial charge is 0.262 e. The SMILES string of the molecule is Cc1cccc(-c2c(O)nc(C3CCCCC3)[nH]c2=O)c1. The van der Waals surface area contributed by atoms with Crippen molar-refractivity contribution in [2.75, 3.05) is 0 Å². The largest absolute Gasteiger partial charge is 0.493 e. The summed E-state index contributed by atoms with van der Waals surface area (Å²) in [7, 11) is 0. The summed E-state index contributed by atoms with van der Waals surface area (Å²) in [5.74, 6) is 0.738. The van der Waals surface area contributed by atoms with Crippen LogP contribution in [0.3, 0.4) is 0 Å². The molecule has 0 aliphatic heterocycles. The van der Waals surface area contributed by atoms with Gasteiger partial charge >= 0.3 is 0 Å². The van der Waals surface area contributed by atoms with Crippen molar-refractivity contribution >= 4 is 0 Å². The van der Waals surface area contributed by atoms with Crippen molar-refractivity contribution in [3.8, 4) is 17.0 Å². The highest BCUT2D eigenvalue weighted by Crippen LogP contribution is 2.32. The molecule has 1 aromatic heterocycles. The maximum Gasteiger partial charge on any atom is 0.262 e. The summed E-state index contributed by atoms with van der Waals surface area (Å²) in [5.41, 5.74) is 1.76. The average molecular weight is 284 g/mol. The van der Waals surface area contributed by atoms with Gasteiger partial charge in [0.05, 0.1) is 0 Å². The molecule has 2 N–H and O–H groups in total. The fourth-order valence-corrected chi connectivity index (χ4v) is 3.11. The second kappa shape index (κ2) is 5.72. The minimum atomic E-state index is -0.256. The Labute approximate surface area is 123 Å². The third-order valence-electron chi connectivity index (χ3n) is 4.22. The van der Waals surface area contributed by atoms with E-state index in [4.69, 9.17) is 0 Å². The van der Waals surface area contributed by atoms with Crippen molar-refractivity contribution in [1.29, 1.82) is 0 Å². The summed E-state index contributed by atoms with van der Waals surface area (Å²) < 4.78 is 0. The zero-order chi connectivity index (χ0) is 14.8. The Morgan fingerprint density at radius 1 is 1.24 bits per heavy atom. The highest BCUT2D eigenvalue weighted by molar-refractivity contribution is 5.67. The minimum absolute atomic E-state index is 0.162. The maximum atomic E-state index is 12.4. The van der Waals surface area contributed by atoms with E-state index in [0.29, 0.717) is 11.4 Å². The van der Waals surface area contributed by atoms with Crippen LogP contribution in [0.1, 0.15) is 49.4 Å². The van der Waals surface area contributed by atoms with Crippen molar-refractivity contribution in [2.24, 2.45) is 0 Å². The van der Waals surface area contributed by atoms with Crippen molar-refractivity contribution in [1.82, 2.24) is 9.97 Å². The summed E-state index contributed by atoms with van der Waals surface area (Å²) in [4.78, 5) is 19.5. The van der Waals surface area contributed by atoms with Gasteiger partial charge in [0.15, 0.2) is 0 Å². The molecule has 0 saturated heterocycles. The van der Waals surface area contributed by atoms with Gasteiger partial charge in [-0.25, -0.2) is 0 Å². The second-order valence-electron chi connectivity index (χ2n) is 5.85. The van der Waals surface area contributed by atoms with Crippen LogP contribution in [0.2, 0.25) is 0 Å². The standard InChI is InChI=1S/C17H20N2O2/c1-11-6-5-9-13(10-11)14-16(20)18-15(19-17(14)21)12-7-3-2-4-8-12/h5-6,9-10,12H,2-4,7-8H2,1H3,(H2,18,19,20,21). The number of H-pyrrole nitrogens is 1. The molecular formula is C17H20N2O2. The molecule has 1 fully saturated rings. The highest BCUT2D eigenvalue weighted by Gasteiger charge is 2.21. The molecule has 1 aromatic carbocycles. The van der Waals surface area contributed by atoms with Crippen LogP contribution in [0.25, 0.3) is 11.1 Å². The van der Waals surface area contributed by atoms with Crippen molar-refractivity contribution in [2.45, 2.75) is 44.9 Å². The number of nitrogens with one attached hydrogen (secondary N) is 1. The van der Waals surface area contributed by atoms with Gasteiger partial charge in [-0.2, -0.15) is 4.98 Å². The van der Waals surface area contributed by atoms with Crippen LogP contribution in [0.5, 0.6) is 5.88 Å². The predicted molar refractivity (Wildman–Crippen MR) is 82.5 cm³/mol. The topological polar surface area (TPSA) is 66.0 Å². The normalized spacial score (nSPS) is 16.0. The quantitative estimate of drug-likeness (QED) is 0.887. The lowest BCUT2D eigenvalue weighted by atomic mass is 9.88. The molecule has 1 saturated carbocycles. The highest BCUT2D eigenvalue weighted by atomic mass is 16.3. The zero-order valence-electron chi connectivity index (χ0n) is 12.2. The number of aryl methyl sites for hydroxylation is 1. The summed E-state index contributed by atoms with van der Waals surface area (Å²) in [6.45, 7) is 1.96. The Hall–Kier alpha value is -2.10. The van der Waals surface area contributed by atoms with Gasteiger partial charge in [-0.05, 0) is 25.3 Å². The summed E-state index contributed by atoms with van der Waals surface area (Å²) in [6.07, 6.45) is 5.63. The molecule has 4 heteroatoms. The Morgan fingerprint density at radius 3 is 2.67 bits per heavy atom. The van der Waals surface area contributed by atoms with E-state index in [9.17, 15) is 9.90 Å². The van der Waals surface area contributed by atoms with Crippen molar-refractivity contribution in [3.05, 3.63) is 46.0 Å². The molecule has 0 amide bonds. The first-order chi connectivity index (χ1) is 10.1. The van der Waals surface area contributed by atoms with Crippen LogP contribution in [-0.2, 0) is 0 Å². The van der Waals surface area contributed by atoms with Crippen LogP contribution in [-0.4, -0.2) is 15.1 Å². The van der Waals surface area contributed by atoms with E-state index in [-0.39, 0.29) is 22.9 Å². The first-order valence-electron chi connectivity index (χ1n) is 7.55. The van der Waals surface area contributed by atoms with Crippen molar-refractivity contribution < 1.29 is 5.11 Å². The number of hydrogen-bond donors (Lipinski definition) is 2. The van der Waals surface area contributed by atoms with Gasteiger partial charge in [-0.3, -0.25) is 4.79 Å². The fraction of sp³-hybridized carbons (Fsp3) is 0.412. The molecule has 0 atom stereocenters. The number of nitrogens with zero attached hydrogens (tertiary/aromatic N) is 1. The van der Waals surface area contributed by atoms with Crippen LogP contribution in [0.15, 0.2) is 29.1 Å². The Morgan fingerprint density at radius 2 is 2.00 bits per heavy atom. The van der Waals surface area contributed by atoms with Gasteiger partial charge in [-0.1, -0.05) is 49.1 Å². The molecule has 0 spiro atoms. The lowest BCUT2D eigenvalue weighted by Gasteiger charge is -2.20. The van der Waals surface area contributed by atoms with E-state index in [1.54, 1.807) is 0 Å². The van der Waals surface area contributed by atoms with Gasteiger partial charge in [0, 0.05) is 5.92 Å². The number of benzene rings is 1. The molecule has 3 rings (SSSR count). The van der Waals surface area contributed by atoms with Crippen LogP contribution >= 0.6 is 0 Å². The number of hydrogen-bond acceptors (Lipinski definition) is 3. The van der Waals surface area contributed by atoms with Crippen molar-refractivity contribution in [3.63, 3.8) is 0 Å². The van der Waals surface area contributed by atoms with Gasteiger partial charge in [-0.15, -0.1) is 0 Å². The third kappa shape index (κ3) is 2.84. The van der Waals surface area contributed by atoms with E-state index in [0.717, 1.165) is 31.2 Å². The summed E-state index contributed by atoms with van der Waals surface area (Å²) in [5, 5.41) is 10.2. The summed E-state index contributed by atoms with van der Waals surface area (Å²) >= 11 is 0. The lowest BCUT2D eigenvalue weighted by molar-refractivity contribution is 0.410. The molecule has 2 aromatic rings. The summed E-state index contributed by atoms with van der Waals surface area (Å²) in [6, 6.07) is 7.53. The van der Waals surface area contributed by atoms with Gasteiger partial charge in [0.1, 0.15) is 11.4 Å². The monoisotopic (exact) mass is 284 g/mol. The number of aromatic amines is 1. The van der Waals surface area contributed by atoms with Crippen LogP contribution in [0, 0.1) is 6.92 Å². The molecule has 1 aliphatic rings. The molecule has 1 heterocycles. The second-order valence-corrected chi connectivity index (χ2v) is 5.85. The van der Waals surface area contributed by atoms with E-state index in [2.05, 4.69) is 9.97 Å². The predicted octanol–water partition coefficient (Wildman–Crippen LogP) is 3.50. The zero-order valence-corrected chi connectivity index (χ0v) is 12.2. The maximum absolute atomic E-state index is 12.4. The van der Waals surface area contributed by atoms with E-state index in [1.807, 2.05) is 31.2 Å². The molecular weight excluding hydrogens is 264 g/mol. The molecule has 110 valence electrons. The van der Waals surface area contributed by atoms with Gasteiger partial charge < -0.3 is 10.1 Å². The van der Waals surface area contributed by atoms with E-state index < -0.39 is 0 Å². The van der Waals surface area contributed by atoms with Gasteiger partial charge in [0.2, 0.25) is 5.88 Å². The minimum Gasteiger partial charge on any atom is -0.493 e. The molecule has 21 heavy (non-hydrogen) atoms. The Balaban J connectivity index is 2.02. The molecule has 0 unspecified atom stereocenters. The Bertz CT molecular complexity index is 700. The molecule has 1 aliphatic carbocycles. The third-order valence-corrected chi connectivity index (χ3v) is 4.22. The first-order valence-corrected chi connectivity index (χ1v) is 7.55. The number of aromatic nitrogens is 2. The number of aromatic hydroxyl groups is 1. The number of rotatable bonds is 2. The van der Waals surface area contributed by atoms with Gasteiger partial charge in [0.25, 0.3) is 5.56 Å². The molecule has 0 bridgehead atoms. The molecule has 0 radical (unpaired) electrons. The fourth-order valence-electron chi connectivity index (χ4n) is 3.11. The average Bonchev–Trinajstić information content (AvgIpc) is 2.47. The first kappa shape index (κ1) is 13.9. The van der Waals surface area contributed by atoms with E-state index in [1.165, 1.54) is 6.42 Å². The lowest BCUT2D eigenvalue weighted by Crippen LogP contribution is -2.18. The molecule has 4 nitrogen and oxygen atoms in total. The van der Waals surface area contributed by atoms with Crippen LogP contribution in [0.4, 0.5) is 0 Å². The Kier molecular flexibility index (Phi) is 3.78. The van der Waals surface area contributed by atoms with E-state index >= 15 is 0 Å². The van der Waals surface area contributed by atoms with Crippen LogP contribution < -0.4 is 5.56 Å².